The fraction of sp³-hybridized carbons (Fsp3) is 0.130. The first-order valence-corrected chi connectivity index (χ1v) is 9.69. The Morgan fingerprint density at radius 1 is 0.839 bits per heavy atom. The summed E-state index contributed by atoms with van der Waals surface area (Å²) in [6.45, 7) is 0.161. The van der Waals surface area contributed by atoms with Crippen LogP contribution in [0.4, 0.5) is 0 Å². The van der Waals surface area contributed by atoms with Crippen molar-refractivity contribution in [2.45, 2.75) is 12.8 Å². The number of rotatable bonds is 7. The molecule has 4 rings (SSSR count). The minimum absolute atomic E-state index is 0.0528. The Hall–Kier alpha value is -4.20. The molecule has 0 fully saturated rings. The third kappa shape index (κ3) is 4.87. The summed E-state index contributed by atoms with van der Waals surface area (Å²) in [4.78, 5) is 49.9. The van der Waals surface area contributed by atoms with E-state index in [0.717, 1.165) is 4.90 Å². The molecule has 0 radical (unpaired) electrons. The number of carbonyl (C=O) groups excluding carboxylic acids is 3. The number of hydrogen-bond donors (Lipinski definition) is 0. The van der Waals surface area contributed by atoms with Crippen LogP contribution in [0.5, 0.6) is 5.75 Å². The largest absolute Gasteiger partial charge is 0.426 e. The van der Waals surface area contributed by atoms with Crippen molar-refractivity contribution in [2.75, 3.05) is 6.54 Å². The normalized spacial score (nSPS) is 13.0. The number of hydrogen-bond acceptors (Lipinski definition) is 7. The van der Waals surface area contributed by atoms with Gasteiger partial charge in [-0.3, -0.25) is 29.3 Å². The summed E-state index contributed by atoms with van der Waals surface area (Å²) < 4.78 is 5.52. The molecule has 1 aliphatic rings. The van der Waals surface area contributed by atoms with E-state index in [1.807, 2.05) is 24.3 Å². The van der Waals surface area contributed by atoms with E-state index in [0.29, 0.717) is 34.9 Å². The molecule has 4 heterocycles. The predicted octanol–water partition coefficient (Wildman–Crippen LogP) is 2.82. The Morgan fingerprint density at radius 2 is 1.42 bits per heavy atom. The molecule has 2 amide bonds. The van der Waals surface area contributed by atoms with E-state index in [4.69, 9.17) is 4.74 Å². The minimum atomic E-state index is -0.475. The molecule has 154 valence electrons. The lowest BCUT2D eigenvalue weighted by Gasteiger charge is -2.13. The van der Waals surface area contributed by atoms with Crippen molar-refractivity contribution in [3.63, 3.8) is 0 Å². The first-order valence-electron chi connectivity index (χ1n) is 9.69. The molecule has 8 nitrogen and oxygen atoms in total. The third-order valence-corrected chi connectivity index (χ3v) is 4.55. The molecule has 0 atom stereocenters. The SMILES string of the molecule is O=C(CCCN1C(=O)C=CC1=O)Oc1cc(-c2ccccn2)nc(-c2ccccn2)c1. The standard InChI is InChI=1S/C23H18N4O4/c28-21-9-10-22(29)27(21)13-5-8-23(30)31-16-14-19(17-6-1-3-11-24-17)26-20(15-16)18-7-2-4-12-25-18/h1-4,6-7,9-12,14-15H,5,8,13H2. The molecular weight excluding hydrogens is 396 g/mol. The van der Waals surface area contributed by atoms with Crippen LogP contribution in [0.25, 0.3) is 22.8 Å². The van der Waals surface area contributed by atoms with Gasteiger partial charge in [0.1, 0.15) is 5.75 Å². The maximum atomic E-state index is 12.4. The van der Waals surface area contributed by atoms with E-state index in [1.54, 1.807) is 36.7 Å². The van der Waals surface area contributed by atoms with E-state index in [-0.39, 0.29) is 24.8 Å². The van der Waals surface area contributed by atoms with Crippen molar-refractivity contribution in [3.8, 4) is 28.5 Å². The van der Waals surface area contributed by atoms with Gasteiger partial charge in [0.2, 0.25) is 0 Å². The van der Waals surface area contributed by atoms with E-state index in [1.165, 1.54) is 12.2 Å². The van der Waals surface area contributed by atoms with E-state index < -0.39 is 5.97 Å². The van der Waals surface area contributed by atoms with Crippen LogP contribution in [0.2, 0.25) is 0 Å². The van der Waals surface area contributed by atoms with Gasteiger partial charge < -0.3 is 4.74 Å². The second kappa shape index (κ2) is 9.08. The predicted molar refractivity (Wildman–Crippen MR) is 111 cm³/mol. The van der Waals surface area contributed by atoms with Crippen molar-refractivity contribution in [2.24, 2.45) is 0 Å². The second-order valence-electron chi connectivity index (χ2n) is 6.74. The van der Waals surface area contributed by atoms with Crippen molar-refractivity contribution in [1.29, 1.82) is 0 Å². The van der Waals surface area contributed by atoms with Gasteiger partial charge in [0.05, 0.1) is 22.8 Å². The summed E-state index contributed by atoms with van der Waals surface area (Å²) in [5.74, 6) is -0.895. The molecule has 0 bridgehead atoms. The van der Waals surface area contributed by atoms with Crippen LogP contribution in [-0.4, -0.2) is 44.2 Å². The topological polar surface area (TPSA) is 102 Å². The third-order valence-electron chi connectivity index (χ3n) is 4.55. The zero-order valence-electron chi connectivity index (χ0n) is 16.5. The monoisotopic (exact) mass is 414 g/mol. The Balaban J connectivity index is 1.49. The molecule has 0 aromatic carbocycles. The zero-order valence-corrected chi connectivity index (χ0v) is 16.5. The van der Waals surface area contributed by atoms with Gasteiger partial charge in [-0.15, -0.1) is 0 Å². The van der Waals surface area contributed by atoms with Crippen molar-refractivity contribution >= 4 is 17.8 Å². The first kappa shape index (κ1) is 20.1. The molecule has 31 heavy (non-hydrogen) atoms. The lowest BCUT2D eigenvalue weighted by Crippen LogP contribution is -2.31. The maximum absolute atomic E-state index is 12.4. The van der Waals surface area contributed by atoms with Crippen LogP contribution in [0.3, 0.4) is 0 Å². The fourth-order valence-electron chi connectivity index (χ4n) is 3.07. The number of nitrogens with zero attached hydrogens (tertiary/aromatic N) is 4. The van der Waals surface area contributed by atoms with Crippen molar-refractivity contribution < 1.29 is 19.1 Å². The number of pyridine rings is 3. The van der Waals surface area contributed by atoms with Crippen molar-refractivity contribution in [1.82, 2.24) is 19.9 Å². The quantitative estimate of drug-likeness (QED) is 0.433. The molecular formula is C23H18N4O4. The molecule has 0 saturated heterocycles. The molecule has 0 N–H and O–H groups in total. The van der Waals surface area contributed by atoms with E-state index >= 15 is 0 Å². The zero-order chi connectivity index (χ0) is 21.6. The number of aromatic nitrogens is 3. The Morgan fingerprint density at radius 3 is 1.94 bits per heavy atom. The minimum Gasteiger partial charge on any atom is -0.426 e. The molecule has 3 aromatic rings. The van der Waals surface area contributed by atoms with E-state index in [9.17, 15) is 14.4 Å². The molecule has 1 aliphatic heterocycles. The van der Waals surface area contributed by atoms with Crippen molar-refractivity contribution in [3.05, 3.63) is 73.1 Å². The highest BCUT2D eigenvalue weighted by Crippen LogP contribution is 2.26. The highest BCUT2D eigenvalue weighted by Gasteiger charge is 2.23. The summed E-state index contributed by atoms with van der Waals surface area (Å²) in [5, 5.41) is 0. The van der Waals surface area contributed by atoms with Gasteiger partial charge in [-0.25, -0.2) is 4.98 Å². The summed E-state index contributed by atoms with van der Waals surface area (Å²) in [5.41, 5.74) is 2.36. The maximum Gasteiger partial charge on any atom is 0.311 e. The Bertz CT molecular complexity index is 1070. The average molecular weight is 414 g/mol. The summed E-state index contributed by atoms with van der Waals surface area (Å²) in [7, 11) is 0. The molecule has 8 heteroatoms. The summed E-state index contributed by atoms with van der Waals surface area (Å²) >= 11 is 0. The Kier molecular flexibility index (Phi) is 5.89. The van der Waals surface area contributed by atoms with Crippen LogP contribution < -0.4 is 4.74 Å². The Labute approximate surface area is 178 Å². The van der Waals surface area contributed by atoms with Crippen LogP contribution in [0.1, 0.15) is 12.8 Å². The van der Waals surface area contributed by atoms with Gasteiger partial charge in [0.25, 0.3) is 11.8 Å². The van der Waals surface area contributed by atoms with Crippen LogP contribution in [0, 0.1) is 0 Å². The second-order valence-corrected chi connectivity index (χ2v) is 6.74. The number of ether oxygens (including phenoxy) is 1. The van der Waals surface area contributed by atoms with Gasteiger partial charge in [-0.05, 0) is 30.7 Å². The van der Waals surface area contributed by atoms with Gasteiger partial charge in [-0.2, -0.15) is 0 Å². The molecule has 0 spiro atoms. The number of amides is 2. The highest BCUT2D eigenvalue weighted by molar-refractivity contribution is 6.12. The van der Waals surface area contributed by atoms with Crippen LogP contribution in [-0.2, 0) is 14.4 Å². The van der Waals surface area contributed by atoms with Gasteiger partial charge >= 0.3 is 5.97 Å². The van der Waals surface area contributed by atoms with Gasteiger partial charge in [0, 0.05) is 49.6 Å². The van der Waals surface area contributed by atoms with Crippen LogP contribution >= 0.6 is 0 Å². The summed E-state index contributed by atoms with van der Waals surface area (Å²) in [6, 6.07) is 14.2. The molecule has 3 aromatic heterocycles. The first-order chi connectivity index (χ1) is 15.1. The average Bonchev–Trinajstić information content (AvgIpc) is 3.12. The lowest BCUT2D eigenvalue weighted by atomic mass is 10.2. The molecule has 0 aliphatic carbocycles. The van der Waals surface area contributed by atoms with Gasteiger partial charge in [-0.1, -0.05) is 12.1 Å². The molecule has 0 saturated carbocycles. The smallest absolute Gasteiger partial charge is 0.311 e. The van der Waals surface area contributed by atoms with E-state index in [2.05, 4.69) is 15.0 Å². The fourth-order valence-corrected chi connectivity index (χ4v) is 3.07. The lowest BCUT2D eigenvalue weighted by molar-refractivity contribution is -0.139. The number of carbonyl (C=O) groups is 3. The molecule has 0 unspecified atom stereocenters. The number of esters is 1. The van der Waals surface area contributed by atoms with Crippen LogP contribution in [0.15, 0.2) is 73.1 Å². The van der Waals surface area contributed by atoms with Gasteiger partial charge in [0.15, 0.2) is 0 Å². The number of imide groups is 1. The highest BCUT2D eigenvalue weighted by atomic mass is 16.5. The summed E-state index contributed by atoms with van der Waals surface area (Å²) in [6.07, 6.45) is 6.12.